The summed E-state index contributed by atoms with van der Waals surface area (Å²) in [5.41, 5.74) is -0.884. The van der Waals surface area contributed by atoms with Crippen LogP contribution in [0.4, 0.5) is 4.39 Å². The number of aromatic amines is 1. The second-order valence-corrected chi connectivity index (χ2v) is 5.17. The van der Waals surface area contributed by atoms with Crippen molar-refractivity contribution in [1.29, 1.82) is 0 Å². The molecule has 8 heteroatoms. The molecule has 1 heterocycles. The van der Waals surface area contributed by atoms with Crippen LogP contribution in [0.25, 0.3) is 0 Å². The minimum Gasteiger partial charge on any atom is -0.350 e. The summed E-state index contributed by atoms with van der Waals surface area (Å²) in [6, 6.07) is 5.54. The quantitative estimate of drug-likeness (QED) is 0.848. The van der Waals surface area contributed by atoms with Gasteiger partial charge in [0, 0.05) is 28.8 Å². The van der Waals surface area contributed by atoms with E-state index >= 15 is 0 Å². The Morgan fingerprint density at radius 2 is 2.10 bits per heavy atom. The summed E-state index contributed by atoms with van der Waals surface area (Å²) in [5, 5.41) is 2.51. The van der Waals surface area contributed by atoms with Crippen molar-refractivity contribution < 1.29 is 9.18 Å². The summed E-state index contributed by atoms with van der Waals surface area (Å²) >= 11 is 3.21. The highest BCUT2D eigenvalue weighted by Crippen LogP contribution is 2.15. The van der Waals surface area contributed by atoms with Crippen molar-refractivity contribution >= 4 is 21.8 Å². The smallest absolute Gasteiger partial charge is 0.328 e. The molecule has 0 atom stereocenters. The van der Waals surface area contributed by atoms with E-state index in [1.807, 2.05) is 4.98 Å². The first-order chi connectivity index (χ1) is 9.95. The van der Waals surface area contributed by atoms with Crippen LogP contribution in [0.15, 0.2) is 44.5 Å². The van der Waals surface area contributed by atoms with Gasteiger partial charge in [0.15, 0.2) is 0 Å². The van der Waals surface area contributed by atoms with Crippen molar-refractivity contribution in [1.82, 2.24) is 14.9 Å². The lowest BCUT2D eigenvalue weighted by Crippen LogP contribution is -2.35. The number of H-pyrrole nitrogens is 1. The molecule has 2 rings (SSSR count). The fourth-order valence-electron chi connectivity index (χ4n) is 1.65. The molecule has 21 heavy (non-hydrogen) atoms. The number of halogens is 2. The lowest BCUT2D eigenvalue weighted by molar-refractivity contribution is -0.121. The molecule has 0 aliphatic rings. The topological polar surface area (TPSA) is 84.0 Å². The van der Waals surface area contributed by atoms with Crippen molar-refractivity contribution in [3.8, 4) is 0 Å². The van der Waals surface area contributed by atoms with Gasteiger partial charge >= 0.3 is 5.69 Å². The molecule has 0 aliphatic heterocycles. The Morgan fingerprint density at radius 3 is 2.81 bits per heavy atom. The lowest BCUT2D eigenvalue weighted by atomic mass is 10.2. The summed E-state index contributed by atoms with van der Waals surface area (Å²) < 4.78 is 15.2. The monoisotopic (exact) mass is 355 g/mol. The molecule has 1 aromatic carbocycles. The van der Waals surface area contributed by atoms with Crippen LogP contribution in [0.1, 0.15) is 5.56 Å². The number of carbonyl (C=O) groups excluding carboxylic acids is 1. The van der Waals surface area contributed by atoms with Crippen molar-refractivity contribution in [3.05, 3.63) is 67.2 Å². The maximum absolute atomic E-state index is 13.5. The molecule has 110 valence electrons. The lowest BCUT2D eigenvalue weighted by Gasteiger charge is -2.08. The van der Waals surface area contributed by atoms with Gasteiger partial charge in [0.25, 0.3) is 5.56 Å². The van der Waals surface area contributed by atoms with Crippen LogP contribution in [-0.4, -0.2) is 15.5 Å². The van der Waals surface area contributed by atoms with E-state index in [0.717, 1.165) is 10.6 Å². The first-order valence-electron chi connectivity index (χ1n) is 5.96. The van der Waals surface area contributed by atoms with Crippen LogP contribution < -0.4 is 16.6 Å². The number of nitrogens with one attached hydrogen (secondary N) is 2. The Balaban J connectivity index is 2.00. The number of aromatic nitrogens is 2. The van der Waals surface area contributed by atoms with Gasteiger partial charge in [0.1, 0.15) is 12.4 Å². The summed E-state index contributed by atoms with van der Waals surface area (Å²) in [4.78, 5) is 36.1. The first-order valence-corrected chi connectivity index (χ1v) is 6.75. The molecule has 0 aliphatic carbocycles. The molecule has 0 unspecified atom stereocenters. The second kappa shape index (κ2) is 6.49. The van der Waals surface area contributed by atoms with Crippen LogP contribution in [0.5, 0.6) is 0 Å². The second-order valence-electron chi connectivity index (χ2n) is 4.25. The maximum Gasteiger partial charge on any atom is 0.328 e. The van der Waals surface area contributed by atoms with Crippen molar-refractivity contribution in [2.24, 2.45) is 0 Å². The fraction of sp³-hybridized carbons (Fsp3) is 0.154. The predicted molar refractivity (Wildman–Crippen MR) is 77.3 cm³/mol. The first kappa shape index (κ1) is 15.2. The summed E-state index contributed by atoms with van der Waals surface area (Å²) in [6.45, 7) is -0.257. The molecular weight excluding hydrogens is 345 g/mol. The number of hydrogen-bond acceptors (Lipinski definition) is 3. The Bertz CT molecular complexity index is 785. The van der Waals surface area contributed by atoms with E-state index in [-0.39, 0.29) is 13.1 Å². The number of hydrogen-bond donors (Lipinski definition) is 2. The molecule has 0 saturated carbocycles. The van der Waals surface area contributed by atoms with Gasteiger partial charge in [-0.2, -0.15) is 0 Å². The third kappa shape index (κ3) is 4.12. The zero-order chi connectivity index (χ0) is 15.4. The number of nitrogens with zero attached hydrogens (tertiary/aromatic N) is 1. The highest BCUT2D eigenvalue weighted by atomic mass is 79.9. The van der Waals surface area contributed by atoms with E-state index in [0.29, 0.717) is 10.0 Å². The van der Waals surface area contributed by atoms with Crippen molar-refractivity contribution in [2.75, 3.05) is 0 Å². The minimum absolute atomic E-state index is 0.00219. The highest BCUT2D eigenvalue weighted by molar-refractivity contribution is 9.10. The molecule has 2 N–H and O–H groups in total. The third-order valence-electron chi connectivity index (χ3n) is 2.69. The van der Waals surface area contributed by atoms with Gasteiger partial charge in [-0.15, -0.1) is 0 Å². The third-order valence-corrected chi connectivity index (χ3v) is 3.19. The molecule has 1 amide bonds. The minimum atomic E-state index is -0.675. The van der Waals surface area contributed by atoms with Gasteiger partial charge in [-0.25, -0.2) is 9.18 Å². The van der Waals surface area contributed by atoms with Gasteiger partial charge in [-0.05, 0) is 18.2 Å². The average molecular weight is 356 g/mol. The highest BCUT2D eigenvalue weighted by Gasteiger charge is 2.07. The summed E-state index contributed by atoms with van der Waals surface area (Å²) in [6.07, 6.45) is 1.22. The van der Waals surface area contributed by atoms with Gasteiger partial charge in [0.05, 0.1) is 0 Å². The number of benzene rings is 1. The Hall–Kier alpha value is -2.22. The molecule has 0 fully saturated rings. The van der Waals surface area contributed by atoms with E-state index in [4.69, 9.17) is 0 Å². The maximum atomic E-state index is 13.5. The fourth-order valence-corrected chi connectivity index (χ4v) is 2.06. The number of carbonyl (C=O) groups is 1. The molecule has 2 aromatic rings. The summed E-state index contributed by atoms with van der Waals surface area (Å²) in [5.74, 6) is -0.900. The van der Waals surface area contributed by atoms with Crippen LogP contribution in [0, 0.1) is 5.82 Å². The van der Waals surface area contributed by atoms with Crippen LogP contribution in [0.2, 0.25) is 0 Å². The molecular formula is C13H11BrFN3O3. The largest absolute Gasteiger partial charge is 0.350 e. The number of amides is 1. The Morgan fingerprint density at radius 1 is 1.33 bits per heavy atom. The van der Waals surface area contributed by atoms with E-state index in [1.54, 1.807) is 12.1 Å². The Labute approximate surface area is 126 Å². The standard InChI is InChI=1S/C13H11BrFN3O3/c14-9-1-2-10(15)8(5-9)6-16-12(20)7-18-4-3-11(19)17-13(18)21/h1-5H,6-7H2,(H,16,20)(H,17,19,21). The molecule has 0 radical (unpaired) electrons. The molecule has 0 spiro atoms. The zero-order valence-electron chi connectivity index (χ0n) is 10.7. The molecule has 6 nitrogen and oxygen atoms in total. The molecule has 0 saturated heterocycles. The van der Waals surface area contributed by atoms with Gasteiger partial charge in [-0.3, -0.25) is 19.1 Å². The van der Waals surface area contributed by atoms with Crippen molar-refractivity contribution in [2.45, 2.75) is 13.1 Å². The van der Waals surface area contributed by atoms with Crippen LogP contribution >= 0.6 is 15.9 Å². The van der Waals surface area contributed by atoms with E-state index < -0.39 is 23.0 Å². The van der Waals surface area contributed by atoms with Gasteiger partial charge < -0.3 is 5.32 Å². The summed E-state index contributed by atoms with van der Waals surface area (Å²) in [7, 11) is 0. The van der Waals surface area contributed by atoms with E-state index in [2.05, 4.69) is 21.2 Å². The van der Waals surface area contributed by atoms with E-state index in [9.17, 15) is 18.8 Å². The van der Waals surface area contributed by atoms with Gasteiger partial charge in [-0.1, -0.05) is 15.9 Å². The zero-order valence-corrected chi connectivity index (χ0v) is 12.3. The Kier molecular flexibility index (Phi) is 4.69. The molecule has 1 aromatic heterocycles. The van der Waals surface area contributed by atoms with Gasteiger partial charge in [0.2, 0.25) is 5.91 Å². The van der Waals surface area contributed by atoms with Crippen LogP contribution in [-0.2, 0) is 17.9 Å². The SMILES string of the molecule is O=C(Cn1ccc(=O)[nH]c1=O)NCc1cc(Br)ccc1F. The van der Waals surface area contributed by atoms with Crippen LogP contribution in [0.3, 0.4) is 0 Å². The predicted octanol–water partition coefficient (Wildman–Crippen LogP) is 0.755. The van der Waals surface area contributed by atoms with E-state index in [1.165, 1.54) is 12.3 Å². The average Bonchev–Trinajstić information content (AvgIpc) is 2.43. The van der Waals surface area contributed by atoms with Crippen molar-refractivity contribution in [3.63, 3.8) is 0 Å². The normalized spacial score (nSPS) is 10.4. The molecule has 0 bridgehead atoms. The number of rotatable bonds is 4.